The van der Waals surface area contributed by atoms with Crippen molar-refractivity contribution in [3.05, 3.63) is 29.8 Å². The van der Waals surface area contributed by atoms with Gasteiger partial charge in [0, 0.05) is 19.2 Å². The Morgan fingerprint density at radius 3 is 2.90 bits per heavy atom. The maximum Gasteiger partial charge on any atom is 0.239 e. The van der Waals surface area contributed by atoms with Crippen LogP contribution in [-0.2, 0) is 11.3 Å². The molecule has 1 N–H and O–H groups in total. The molecule has 0 saturated carbocycles. The summed E-state index contributed by atoms with van der Waals surface area (Å²) >= 11 is 0. The summed E-state index contributed by atoms with van der Waals surface area (Å²) in [6.07, 6.45) is 3.24. The van der Waals surface area contributed by atoms with Gasteiger partial charge in [-0.05, 0) is 32.4 Å². The van der Waals surface area contributed by atoms with E-state index in [1.165, 1.54) is 6.42 Å². The van der Waals surface area contributed by atoms with Gasteiger partial charge in [0.15, 0.2) is 0 Å². The molecule has 1 fully saturated rings. The minimum atomic E-state index is -0.0204. The molecule has 2 rings (SSSR count). The summed E-state index contributed by atoms with van der Waals surface area (Å²) in [7, 11) is 1.86. The Kier molecular flexibility index (Phi) is 5.41. The number of hydrogen-bond donors (Lipinski definition) is 1. The molecule has 1 unspecified atom stereocenters. The minimum Gasteiger partial charge on any atom is -0.494 e. The number of hydrogen-bond acceptors (Lipinski definition) is 3. The first kappa shape index (κ1) is 14.9. The van der Waals surface area contributed by atoms with E-state index in [2.05, 4.69) is 5.32 Å². The fourth-order valence-corrected chi connectivity index (χ4v) is 2.59. The highest BCUT2D eigenvalue weighted by atomic mass is 16.5. The molecule has 0 aromatic heterocycles. The van der Waals surface area contributed by atoms with Crippen molar-refractivity contribution < 1.29 is 9.53 Å². The van der Waals surface area contributed by atoms with Crippen LogP contribution in [0.2, 0.25) is 0 Å². The maximum absolute atomic E-state index is 12.4. The second-order valence-electron chi connectivity index (χ2n) is 5.24. The topological polar surface area (TPSA) is 41.6 Å². The molecule has 0 aliphatic carbocycles. The number of nitrogens with one attached hydrogen (secondary N) is 1. The smallest absolute Gasteiger partial charge is 0.239 e. The van der Waals surface area contributed by atoms with E-state index in [4.69, 9.17) is 4.74 Å². The molecule has 110 valence electrons. The highest BCUT2D eigenvalue weighted by molar-refractivity contribution is 5.81. The molecule has 1 heterocycles. The SMILES string of the molecule is CCOc1ccccc1CN(C)C(=O)C1CCCCN1. The van der Waals surface area contributed by atoms with Gasteiger partial charge in [0.25, 0.3) is 0 Å². The number of likely N-dealkylation sites (N-methyl/N-ethyl adjacent to an activating group) is 1. The second kappa shape index (κ2) is 7.29. The van der Waals surface area contributed by atoms with Gasteiger partial charge in [-0.15, -0.1) is 0 Å². The zero-order valence-corrected chi connectivity index (χ0v) is 12.4. The zero-order valence-electron chi connectivity index (χ0n) is 12.4. The third kappa shape index (κ3) is 3.73. The lowest BCUT2D eigenvalue weighted by atomic mass is 10.0. The number of amides is 1. The number of carbonyl (C=O) groups is 1. The van der Waals surface area contributed by atoms with Crippen molar-refractivity contribution in [2.24, 2.45) is 0 Å². The van der Waals surface area contributed by atoms with Gasteiger partial charge >= 0.3 is 0 Å². The van der Waals surface area contributed by atoms with Crippen LogP contribution in [0, 0.1) is 0 Å². The van der Waals surface area contributed by atoms with Crippen LogP contribution in [0.3, 0.4) is 0 Å². The Morgan fingerprint density at radius 1 is 1.40 bits per heavy atom. The highest BCUT2D eigenvalue weighted by Crippen LogP contribution is 2.20. The summed E-state index contributed by atoms with van der Waals surface area (Å²) in [5.74, 6) is 1.04. The van der Waals surface area contributed by atoms with Crippen molar-refractivity contribution in [2.45, 2.75) is 38.8 Å². The third-order valence-corrected chi connectivity index (χ3v) is 3.66. The summed E-state index contributed by atoms with van der Waals surface area (Å²) in [4.78, 5) is 14.2. The van der Waals surface area contributed by atoms with Crippen LogP contribution < -0.4 is 10.1 Å². The van der Waals surface area contributed by atoms with Gasteiger partial charge in [-0.2, -0.15) is 0 Å². The number of piperidine rings is 1. The maximum atomic E-state index is 12.4. The molecule has 1 aromatic carbocycles. The van der Waals surface area contributed by atoms with E-state index < -0.39 is 0 Å². The summed E-state index contributed by atoms with van der Waals surface area (Å²) in [5.41, 5.74) is 1.06. The van der Waals surface area contributed by atoms with Crippen molar-refractivity contribution in [1.82, 2.24) is 10.2 Å². The van der Waals surface area contributed by atoms with E-state index >= 15 is 0 Å². The van der Waals surface area contributed by atoms with E-state index in [-0.39, 0.29) is 11.9 Å². The average molecular weight is 276 g/mol. The first-order chi connectivity index (χ1) is 9.72. The monoisotopic (exact) mass is 276 g/mol. The predicted molar refractivity (Wildman–Crippen MR) is 79.7 cm³/mol. The third-order valence-electron chi connectivity index (χ3n) is 3.66. The Balaban J connectivity index is 1.99. The largest absolute Gasteiger partial charge is 0.494 e. The molecular formula is C16H24N2O2. The van der Waals surface area contributed by atoms with Crippen molar-refractivity contribution >= 4 is 5.91 Å². The molecule has 4 nitrogen and oxygen atoms in total. The van der Waals surface area contributed by atoms with Crippen LogP contribution in [-0.4, -0.2) is 37.0 Å². The molecule has 1 amide bonds. The lowest BCUT2D eigenvalue weighted by Crippen LogP contribution is -2.47. The molecule has 1 saturated heterocycles. The number of rotatable bonds is 5. The lowest BCUT2D eigenvalue weighted by Gasteiger charge is -2.28. The Hall–Kier alpha value is -1.55. The molecule has 0 spiro atoms. The van der Waals surface area contributed by atoms with Gasteiger partial charge in [0.1, 0.15) is 5.75 Å². The van der Waals surface area contributed by atoms with Crippen LogP contribution >= 0.6 is 0 Å². The van der Waals surface area contributed by atoms with E-state index in [1.807, 2.05) is 38.2 Å². The first-order valence-electron chi connectivity index (χ1n) is 7.41. The van der Waals surface area contributed by atoms with E-state index in [0.717, 1.165) is 30.7 Å². The number of nitrogens with zero attached hydrogens (tertiary/aromatic N) is 1. The predicted octanol–water partition coefficient (Wildman–Crippen LogP) is 2.19. The number of ether oxygens (including phenoxy) is 1. The van der Waals surface area contributed by atoms with Gasteiger partial charge < -0.3 is 15.0 Å². The normalized spacial score (nSPS) is 18.6. The quantitative estimate of drug-likeness (QED) is 0.896. The second-order valence-corrected chi connectivity index (χ2v) is 5.24. The summed E-state index contributed by atoms with van der Waals surface area (Å²) < 4.78 is 5.61. The summed E-state index contributed by atoms with van der Waals surface area (Å²) in [6, 6.07) is 7.89. The zero-order chi connectivity index (χ0) is 14.4. The molecule has 1 atom stereocenters. The van der Waals surface area contributed by atoms with Gasteiger partial charge in [0.05, 0.1) is 12.6 Å². The standard InChI is InChI=1S/C16H24N2O2/c1-3-20-15-10-5-4-8-13(15)12-18(2)16(19)14-9-6-7-11-17-14/h4-5,8,10,14,17H,3,6-7,9,11-12H2,1-2H3. The Labute approximate surface area is 121 Å². The van der Waals surface area contributed by atoms with Gasteiger partial charge in [-0.25, -0.2) is 0 Å². The number of carbonyl (C=O) groups excluding carboxylic acids is 1. The summed E-state index contributed by atoms with van der Waals surface area (Å²) in [5, 5.41) is 3.30. The van der Waals surface area contributed by atoms with Crippen molar-refractivity contribution in [3.8, 4) is 5.75 Å². The molecule has 4 heteroatoms. The van der Waals surface area contributed by atoms with Crippen molar-refractivity contribution in [3.63, 3.8) is 0 Å². The van der Waals surface area contributed by atoms with Crippen LogP contribution in [0.25, 0.3) is 0 Å². The molecule has 1 aromatic rings. The molecule has 0 bridgehead atoms. The number of benzene rings is 1. The fourth-order valence-electron chi connectivity index (χ4n) is 2.59. The van der Waals surface area contributed by atoms with Crippen molar-refractivity contribution in [1.29, 1.82) is 0 Å². The van der Waals surface area contributed by atoms with Crippen LogP contribution in [0.5, 0.6) is 5.75 Å². The average Bonchev–Trinajstić information content (AvgIpc) is 2.49. The van der Waals surface area contributed by atoms with Gasteiger partial charge in [-0.3, -0.25) is 4.79 Å². The minimum absolute atomic E-state index is 0.0204. The fraction of sp³-hybridized carbons (Fsp3) is 0.562. The molecule has 1 aliphatic rings. The van der Waals surface area contributed by atoms with Crippen molar-refractivity contribution in [2.75, 3.05) is 20.2 Å². The number of para-hydroxylation sites is 1. The molecule has 20 heavy (non-hydrogen) atoms. The van der Waals surface area contributed by atoms with E-state index in [9.17, 15) is 4.79 Å². The highest BCUT2D eigenvalue weighted by Gasteiger charge is 2.23. The van der Waals surface area contributed by atoms with Crippen LogP contribution in [0.15, 0.2) is 24.3 Å². The van der Waals surface area contributed by atoms with Crippen LogP contribution in [0.4, 0.5) is 0 Å². The Bertz CT molecular complexity index is 442. The molecular weight excluding hydrogens is 252 g/mol. The lowest BCUT2D eigenvalue weighted by molar-refractivity contribution is -0.133. The van der Waals surface area contributed by atoms with Crippen LogP contribution in [0.1, 0.15) is 31.7 Å². The molecule has 1 aliphatic heterocycles. The van der Waals surface area contributed by atoms with Gasteiger partial charge in [-0.1, -0.05) is 24.6 Å². The molecule has 0 radical (unpaired) electrons. The Morgan fingerprint density at radius 2 is 2.20 bits per heavy atom. The van der Waals surface area contributed by atoms with E-state index in [1.54, 1.807) is 4.90 Å². The summed E-state index contributed by atoms with van der Waals surface area (Å²) in [6.45, 7) is 4.14. The first-order valence-corrected chi connectivity index (χ1v) is 7.41. The van der Waals surface area contributed by atoms with E-state index in [0.29, 0.717) is 13.2 Å². The van der Waals surface area contributed by atoms with Gasteiger partial charge in [0.2, 0.25) is 5.91 Å².